The van der Waals surface area contributed by atoms with Gasteiger partial charge in [0.1, 0.15) is 17.5 Å². The molecule has 5 nitrogen and oxygen atoms in total. The second-order valence-electron chi connectivity index (χ2n) is 3.69. The van der Waals surface area contributed by atoms with Gasteiger partial charge in [-0.2, -0.15) is 0 Å². The van der Waals surface area contributed by atoms with Gasteiger partial charge in [-0.3, -0.25) is 0 Å². The van der Waals surface area contributed by atoms with E-state index in [1.807, 2.05) is 6.92 Å². The Morgan fingerprint density at radius 3 is 2.67 bits per heavy atom. The lowest BCUT2D eigenvalue weighted by Gasteiger charge is -2.23. The highest BCUT2D eigenvalue weighted by atomic mass is 19.3. The number of hydrogen-bond acceptors (Lipinski definition) is 5. The summed E-state index contributed by atoms with van der Waals surface area (Å²) in [7, 11) is 1.70. The summed E-state index contributed by atoms with van der Waals surface area (Å²) in [5.74, 6) is 1.56. The molecule has 0 aliphatic rings. The molecule has 18 heavy (non-hydrogen) atoms. The van der Waals surface area contributed by atoms with Gasteiger partial charge in [-0.15, -0.1) is 0 Å². The third-order valence-corrected chi connectivity index (χ3v) is 2.38. The molecule has 0 atom stereocenters. The zero-order valence-corrected chi connectivity index (χ0v) is 10.5. The minimum atomic E-state index is -2.48. The molecule has 0 aliphatic heterocycles. The number of rotatable bonds is 7. The summed E-state index contributed by atoms with van der Waals surface area (Å²) < 4.78 is 25.0. The fraction of sp³-hybridized carbons (Fsp3) is 0.636. The molecule has 1 aromatic heterocycles. The Labute approximate surface area is 105 Å². The first-order valence-electron chi connectivity index (χ1n) is 5.80. The van der Waals surface area contributed by atoms with Crippen molar-refractivity contribution in [3.05, 3.63) is 11.9 Å². The van der Waals surface area contributed by atoms with Crippen molar-refractivity contribution in [1.29, 1.82) is 0 Å². The van der Waals surface area contributed by atoms with E-state index in [4.69, 9.17) is 5.11 Å². The molecule has 0 radical (unpaired) electrons. The largest absolute Gasteiger partial charge is 0.395 e. The molecule has 0 amide bonds. The third kappa shape index (κ3) is 4.06. The van der Waals surface area contributed by atoms with Crippen LogP contribution in [0.3, 0.4) is 0 Å². The summed E-state index contributed by atoms with van der Waals surface area (Å²) in [6, 6.07) is 1.59. The molecule has 0 aliphatic carbocycles. The zero-order valence-electron chi connectivity index (χ0n) is 10.5. The number of anilines is 2. The van der Waals surface area contributed by atoms with Gasteiger partial charge in [0, 0.05) is 26.1 Å². The summed E-state index contributed by atoms with van der Waals surface area (Å²) in [5.41, 5.74) is 0. The van der Waals surface area contributed by atoms with Crippen molar-refractivity contribution in [3.63, 3.8) is 0 Å². The van der Waals surface area contributed by atoms with E-state index in [1.165, 1.54) is 4.90 Å². The summed E-state index contributed by atoms with van der Waals surface area (Å²) in [6.45, 7) is 1.35. The number of aliphatic hydroxyl groups is 1. The van der Waals surface area contributed by atoms with Crippen LogP contribution in [0.25, 0.3) is 0 Å². The molecular formula is C11H18F2N4O. The van der Waals surface area contributed by atoms with Gasteiger partial charge in [0.15, 0.2) is 0 Å². The van der Waals surface area contributed by atoms with Gasteiger partial charge >= 0.3 is 0 Å². The molecule has 0 unspecified atom stereocenters. The van der Waals surface area contributed by atoms with E-state index in [-0.39, 0.29) is 13.2 Å². The van der Waals surface area contributed by atoms with E-state index >= 15 is 0 Å². The van der Waals surface area contributed by atoms with E-state index in [0.717, 1.165) is 0 Å². The van der Waals surface area contributed by atoms with Crippen LogP contribution >= 0.6 is 0 Å². The quantitative estimate of drug-likeness (QED) is 0.770. The average Bonchev–Trinajstić information content (AvgIpc) is 2.37. The van der Waals surface area contributed by atoms with Crippen LogP contribution in [0.5, 0.6) is 0 Å². The molecule has 1 rings (SSSR count). The minimum absolute atomic E-state index is 0.119. The molecule has 0 aromatic carbocycles. The topological polar surface area (TPSA) is 61.3 Å². The maximum Gasteiger partial charge on any atom is 0.255 e. The molecule has 1 aromatic rings. The molecule has 7 heteroatoms. The average molecular weight is 260 g/mol. The standard InChI is InChI=1S/C11H18F2N4O/c1-3-9-15-10(14-2)6-11(16-9)17(4-5-18)7-8(12)13/h6,8,18H,3-5,7H2,1-2H3,(H,14,15,16). The van der Waals surface area contributed by atoms with Crippen LogP contribution in [0.2, 0.25) is 0 Å². The highest BCUT2D eigenvalue weighted by Crippen LogP contribution is 2.17. The Morgan fingerprint density at radius 2 is 2.17 bits per heavy atom. The summed E-state index contributed by atoms with van der Waals surface area (Å²) >= 11 is 0. The van der Waals surface area contributed by atoms with Gasteiger partial charge in [0.2, 0.25) is 0 Å². The second kappa shape index (κ2) is 7.05. The lowest BCUT2D eigenvalue weighted by atomic mass is 10.3. The van der Waals surface area contributed by atoms with Gasteiger partial charge in [-0.25, -0.2) is 18.7 Å². The smallest absolute Gasteiger partial charge is 0.255 e. The van der Waals surface area contributed by atoms with Crippen LogP contribution in [-0.4, -0.2) is 48.2 Å². The molecule has 102 valence electrons. The second-order valence-corrected chi connectivity index (χ2v) is 3.69. The van der Waals surface area contributed by atoms with Crippen LogP contribution in [0, 0.1) is 0 Å². The molecule has 2 N–H and O–H groups in total. The Morgan fingerprint density at radius 1 is 1.44 bits per heavy atom. The molecule has 1 heterocycles. The summed E-state index contributed by atoms with van der Waals surface area (Å²) in [5, 5.41) is 11.8. The van der Waals surface area contributed by atoms with Gasteiger partial charge in [0.05, 0.1) is 13.2 Å². The Kier molecular flexibility index (Phi) is 5.70. The zero-order chi connectivity index (χ0) is 13.5. The number of alkyl halides is 2. The number of nitrogens with one attached hydrogen (secondary N) is 1. The predicted molar refractivity (Wildman–Crippen MR) is 66.3 cm³/mol. The first-order valence-corrected chi connectivity index (χ1v) is 5.80. The highest BCUT2D eigenvalue weighted by molar-refractivity contribution is 5.49. The third-order valence-electron chi connectivity index (χ3n) is 2.38. The van der Waals surface area contributed by atoms with Crippen LogP contribution in [0.15, 0.2) is 6.07 Å². The SMILES string of the molecule is CCc1nc(NC)cc(N(CCO)CC(F)F)n1. The highest BCUT2D eigenvalue weighted by Gasteiger charge is 2.15. The minimum Gasteiger partial charge on any atom is -0.395 e. The Hall–Kier alpha value is -1.50. The van der Waals surface area contributed by atoms with Crippen molar-refractivity contribution in [2.24, 2.45) is 0 Å². The van der Waals surface area contributed by atoms with Crippen LogP contribution in [-0.2, 0) is 6.42 Å². The molecule has 0 spiro atoms. The fourth-order valence-corrected chi connectivity index (χ4v) is 1.52. The van der Waals surface area contributed by atoms with E-state index < -0.39 is 13.0 Å². The number of hydrogen-bond donors (Lipinski definition) is 2. The van der Waals surface area contributed by atoms with Crippen molar-refractivity contribution in [2.45, 2.75) is 19.8 Å². The van der Waals surface area contributed by atoms with Gasteiger partial charge in [0.25, 0.3) is 6.43 Å². The predicted octanol–water partition coefficient (Wildman–Crippen LogP) is 1.14. The normalized spacial score (nSPS) is 10.8. The van der Waals surface area contributed by atoms with E-state index in [1.54, 1.807) is 13.1 Å². The van der Waals surface area contributed by atoms with Crippen molar-refractivity contribution >= 4 is 11.6 Å². The van der Waals surface area contributed by atoms with Crippen LogP contribution in [0.4, 0.5) is 20.4 Å². The first-order chi connectivity index (χ1) is 8.60. The summed E-state index contributed by atoms with van der Waals surface area (Å²) in [4.78, 5) is 9.75. The fourth-order valence-electron chi connectivity index (χ4n) is 1.52. The number of halogens is 2. The van der Waals surface area contributed by atoms with Crippen molar-refractivity contribution < 1.29 is 13.9 Å². The molecule has 0 bridgehead atoms. The first kappa shape index (κ1) is 14.6. The van der Waals surface area contributed by atoms with E-state index in [9.17, 15) is 8.78 Å². The maximum absolute atomic E-state index is 12.5. The molecule has 0 saturated heterocycles. The summed E-state index contributed by atoms with van der Waals surface area (Å²) in [6.07, 6.45) is -1.86. The molecular weight excluding hydrogens is 242 g/mol. The van der Waals surface area contributed by atoms with Crippen molar-refractivity contribution in [3.8, 4) is 0 Å². The van der Waals surface area contributed by atoms with Gasteiger partial charge in [-0.05, 0) is 0 Å². The monoisotopic (exact) mass is 260 g/mol. The van der Waals surface area contributed by atoms with Gasteiger partial charge in [-0.1, -0.05) is 6.92 Å². The number of nitrogens with zero attached hydrogens (tertiary/aromatic N) is 3. The van der Waals surface area contributed by atoms with Gasteiger partial charge < -0.3 is 15.3 Å². The lowest BCUT2D eigenvalue weighted by molar-refractivity contribution is 0.152. The van der Waals surface area contributed by atoms with Crippen molar-refractivity contribution in [2.75, 3.05) is 37.0 Å². The molecule has 0 fully saturated rings. The van der Waals surface area contributed by atoms with Crippen molar-refractivity contribution in [1.82, 2.24) is 9.97 Å². The number of aromatic nitrogens is 2. The van der Waals surface area contributed by atoms with E-state index in [0.29, 0.717) is 23.9 Å². The van der Waals surface area contributed by atoms with Crippen LogP contribution in [0.1, 0.15) is 12.7 Å². The maximum atomic E-state index is 12.5. The van der Waals surface area contributed by atoms with E-state index in [2.05, 4.69) is 15.3 Å². The molecule has 0 saturated carbocycles. The van der Waals surface area contributed by atoms with Crippen LogP contribution < -0.4 is 10.2 Å². The number of aliphatic hydroxyl groups excluding tert-OH is 1. The Bertz CT molecular complexity index is 354. The Balaban J connectivity index is 3.01. The number of aryl methyl sites for hydroxylation is 1. The lowest BCUT2D eigenvalue weighted by Crippen LogP contribution is -2.32.